The van der Waals surface area contributed by atoms with Gasteiger partial charge in [0.05, 0.1) is 11.8 Å². The standard InChI is InChI=1S/C21H24N3O4.2ClH/c25-19(15-23-10-4-6-17(13-23)12-22-27)16-24-11-5-7-18(14-24)21(26)28-20-8-2-1-3-9-20;;/h4-7,10-14,20H,1-3,8-9,15-16H2;2*1H/q+1;;/p-1/b22-12+;;. The normalized spacial score (nSPS) is 13.9. The highest BCUT2D eigenvalue weighted by molar-refractivity contribution is 5.88. The van der Waals surface area contributed by atoms with Crippen molar-refractivity contribution in [3.05, 3.63) is 60.2 Å². The van der Waals surface area contributed by atoms with Crippen LogP contribution in [0.4, 0.5) is 0 Å². The summed E-state index contributed by atoms with van der Waals surface area (Å²) in [5.74, 6) is -0.357. The molecule has 1 N–H and O–H groups in total. The van der Waals surface area contributed by atoms with Crippen molar-refractivity contribution in [3.63, 3.8) is 0 Å². The van der Waals surface area contributed by atoms with Crippen LogP contribution in [0.1, 0.15) is 48.0 Å². The van der Waals surface area contributed by atoms with Gasteiger partial charge >= 0.3 is 5.97 Å². The second kappa shape index (κ2) is 12.9. The maximum Gasteiger partial charge on any atom is 0.344 e. The fourth-order valence-corrected chi connectivity index (χ4v) is 3.38. The first-order valence-corrected chi connectivity index (χ1v) is 9.52. The van der Waals surface area contributed by atoms with E-state index in [-0.39, 0.29) is 55.8 Å². The Balaban J connectivity index is 0.00000225. The fourth-order valence-electron chi connectivity index (χ4n) is 3.38. The SMILES string of the molecule is O=C(C[n+]1cccc(/C=N/O)c1)C[n+]1cccc(C(=O)OC2CCCCC2)c1.[Cl-].[Cl-]. The molecule has 0 aliphatic heterocycles. The highest BCUT2D eigenvalue weighted by atomic mass is 35.5. The zero-order chi connectivity index (χ0) is 19.8. The van der Waals surface area contributed by atoms with Crippen molar-refractivity contribution in [2.45, 2.75) is 51.3 Å². The molecule has 0 spiro atoms. The van der Waals surface area contributed by atoms with Gasteiger partial charge in [0.2, 0.25) is 13.1 Å². The third-order valence-corrected chi connectivity index (χ3v) is 4.73. The predicted molar refractivity (Wildman–Crippen MR) is 100.0 cm³/mol. The molecule has 30 heavy (non-hydrogen) atoms. The topological polar surface area (TPSA) is 83.7 Å². The number of pyridine rings is 2. The molecule has 2 aromatic rings. The van der Waals surface area contributed by atoms with Crippen LogP contribution >= 0.6 is 0 Å². The van der Waals surface area contributed by atoms with E-state index in [9.17, 15) is 9.59 Å². The van der Waals surface area contributed by atoms with Crippen LogP contribution in [0.3, 0.4) is 0 Å². The van der Waals surface area contributed by atoms with E-state index < -0.39 is 0 Å². The Hall–Kier alpha value is -2.51. The lowest BCUT2D eigenvalue weighted by atomic mass is 9.98. The zero-order valence-electron chi connectivity index (χ0n) is 16.5. The summed E-state index contributed by atoms with van der Waals surface area (Å²) in [7, 11) is 0. The quantitative estimate of drug-likeness (QED) is 0.151. The number of carbonyl (C=O) groups is 2. The number of aromatic nitrogens is 2. The number of carbonyl (C=O) groups excluding carboxylic acids is 2. The van der Waals surface area contributed by atoms with Gasteiger partial charge in [0.15, 0.2) is 24.8 Å². The van der Waals surface area contributed by atoms with Crippen LogP contribution in [0.15, 0.2) is 54.2 Å². The van der Waals surface area contributed by atoms with E-state index >= 15 is 0 Å². The Morgan fingerprint density at radius 1 is 1.03 bits per heavy atom. The van der Waals surface area contributed by atoms with Crippen molar-refractivity contribution in [1.82, 2.24) is 0 Å². The predicted octanol–water partition coefficient (Wildman–Crippen LogP) is -4.16. The van der Waals surface area contributed by atoms with E-state index in [1.807, 2.05) is 0 Å². The summed E-state index contributed by atoms with van der Waals surface area (Å²) in [4.78, 5) is 24.8. The molecule has 162 valence electrons. The Morgan fingerprint density at radius 3 is 2.33 bits per heavy atom. The van der Waals surface area contributed by atoms with Crippen molar-refractivity contribution in [1.29, 1.82) is 0 Å². The van der Waals surface area contributed by atoms with Crippen LogP contribution < -0.4 is 33.9 Å². The summed E-state index contributed by atoms with van der Waals surface area (Å²) in [6.45, 7) is 0.326. The third-order valence-electron chi connectivity index (χ3n) is 4.73. The van der Waals surface area contributed by atoms with Crippen LogP contribution in [0, 0.1) is 0 Å². The van der Waals surface area contributed by atoms with Crippen molar-refractivity contribution >= 4 is 18.0 Å². The molecule has 2 heterocycles. The molecule has 1 fully saturated rings. The lowest BCUT2D eigenvalue weighted by Crippen LogP contribution is -3.00. The summed E-state index contributed by atoms with van der Waals surface area (Å²) >= 11 is 0. The Bertz CT molecular complexity index is 871. The van der Waals surface area contributed by atoms with E-state index in [1.165, 1.54) is 12.6 Å². The van der Waals surface area contributed by atoms with Crippen LogP contribution in [0.25, 0.3) is 0 Å². The smallest absolute Gasteiger partial charge is 0.344 e. The molecule has 2 aromatic heterocycles. The number of ketones is 1. The van der Waals surface area contributed by atoms with Gasteiger partial charge in [-0.05, 0) is 37.8 Å². The van der Waals surface area contributed by atoms with E-state index in [0.29, 0.717) is 11.1 Å². The number of ether oxygens (including phenoxy) is 1. The molecule has 0 radical (unpaired) electrons. The minimum atomic E-state index is -0.334. The maximum absolute atomic E-state index is 12.4. The van der Waals surface area contributed by atoms with Crippen molar-refractivity contribution in [2.24, 2.45) is 5.16 Å². The molecular weight excluding hydrogens is 429 g/mol. The van der Waals surface area contributed by atoms with Gasteiger partial charge in [0, 0.05) is 12.1 Å². The van der Waals surface area contributed by atoms with Crippen molar-refractivity contribution in [2.75, 3.05) is 0 Å². The molecule has 0 bridgehead atoms. The summed E-state index contributed by atoms with van der Waals surface area (Å²) in [5, 5.41) is 11.6. The van der Waals surface area contributed by atoms with Gasteiger partial charge in [-0.25, -0.2) is 4.79 Å². The molecule has 0 amide bonds. The summed E-state index contributed by atoms with van der Waals surface area (Å²) < 4.78 is 9.01. The first-order chi connectivity index (χ1) is 13.6. The molecular formula is C21H25Cl2N3O4. The number of nitrogens with zero attached hydrogens (tertiary/aromatic N) is 3. The van der Waals surface area contributed by atoms with Crippen LogP contribution in [0.2, 0.25) is 0 Å². The van der Waals surface area contributed by atoms with Gasteiger partial charge in [-0.2, -0.15) is 9.13 Å². The molecule has 0 unspecified atom stereocenters. The molecule has 0 saturated heterocycles. The first-order valence-electron chi connectivity index (χ1n) is 9.52. The molecule has 1 aliphatic carbocycles. The number of hydrogen-bond acceptors (Lipinski definition) is 5. The Kier molecular flexibility index (Phi) is 11.0. The monoisotopic (exact) mass is 453 g/mol. The Morgan fingerprint density at radius 2 is 1.67 bits per heavy atom. The minimum Gasteiger partial charge on any atom is -1.00 e. The van der Waals surface area contributed by atoms with E-state index in [4.69, 9.17) is 9.94 Å². The van der Waals surface area contributed by atoms with Gasteiger partial charge in [-0.1, -0.05) is 11.6 Å². The summed E-state index contributed by atoms with van der Waals surface area (Å²) in [5.41, 5.74) is 1.15. The number of oxime groups is 1. The number of hydrogen-bond donors (Lipinski definition) is 1. The Labute approximate surface area is 188 Å². The van der Waals surface area contributed by atoms with Gasteiger partial charge in [-0.15, -0.1) is 0 Å². The molecule has 9 heteroatoms. The molecule has 1 aliphatic rings. The van der Waals surface area contributed by atoms with Crippen LogP contribution in [-0.4, -0.2) is 29.3 Å². The number of halogens is 2. The fraction of sp³-hybridized carbons (Fsp3) is 0.381. The maximum atomic E-state index is 12.4. The van der Waals surface area contributed by atoms with Crippen molar-refractivity contribution in [3.8, 4) is 0 Å². The first kappa shape index (κ1) is 25.5. The van der Waals surface area contributed by atoms with Gasteiger partial charge in [0.1, 0.15) is 11.7 Å². The number of esters is 1. The average Bonchev–Trinajstić information content (AvgIpc) is 2.69. The lowest BCUT2D eigenvalue weighted by molar-refractivity contribution is -0.702. The van der Waals surface area contributed by atoms with Gasteiger partial charge < -0.3 is 34.8 Å². The zero-order valence-corrected chi connectivity index (χ0v) is 18.0. The molecule has 7 nitrogen and oxygen atoms in total. The molecule has 1 saturated carbocycles. The number of Topliss-reactive ketones (excluding diaryl/α,β-unsaturated/α-hetero) is 1. The average molecular weight is 454 g/mol. The molecule has 0 atom stereocenters. The van der Waals surface area contributed by atoms with Crippen LogP contribution in [-0.2, 0) is 22.6 Å². The van der Waals surface area contributed by atoms with Gasteiger partial charge in [-0.3, -0.25) is 4.79 Å². The van der Waals surface area contributed by atoms with E-state index in [2.05, 4.69) is 5.16 Å². The molecule has 3 rings (SSSR count). The molecule has 0 aromatic carbocycles. The van der Waals surface area contributed by atoms with E-state index in [1.54, 1.807) is 58.2 Å². The second-order valence-electron chi connectivity index (χ2n) is 7.02. The van der Waals surface area contributed by atoms with E-state index in [0.717, 1.165) is 25.7 Å². The third kappa shape index (κ3) is 7.72. The number of rotatable bonds is 7. The minimum absolute atomic E-state index is 0. The van der Waals surface area contributed by atoms with Crippen LogP contribution in [0.5, 0.6) is 0 Å². The highest BCUT2D eigenvalue weighted by Crippen LogP contribution is 2.21. The van der Waals surface area contributed by atoms with Crippen molar-refractivity contribution < 1.29 is 53.5 Å². The second-order valence-corrected chi connectivity index (χ2v) is 7.02. The summed E-state index contributed by atoms with van der Waals surface area (Å²) in [6, 6.07) is 7.00. The summed E-state index contributed by atoms with van der Waals surface area (Å²) in [6.07, 6.45) is 13.5. The largest absolute Gasteiger partial charge is 1.00 e. The highest BCUT2D eigenvalue weighted by Gasteiger charge is 2.21. The van der Waals surface area contributed by atoms with Gasteiger partial charge in [0.25, 0.3) is 5.78 Å². The lowest BCUT2D eigenvalue weighted by Gasteiger charge is -2.21.